The van der Waals surface area contributed by atoms with Crippen LogP contribution in [-0.2, 0) is 16.0 Å². The molecule has 3 N–H and O–H groups in total. The van der Waals surface area contributed by atoms with Gasteiger partial charge in [0.1, 0.15) is 12.4 Å². The van der Waals surface area contributed by atoms with Gasteiger partial charge in [0.25, 0.3) is 5.91 Å². The maximum absolute atomic E-state index is 12.4. The van der Waals surface area contributed by atoms with Gasteiger partial charge in [0.2, 0.25) is 11.8 Å². The van der Waals surface area contributed by atoms with Crippen molar-refractivity contribution in [1.82, 2.24) is 5.32 Å². The van der Waals surface area contributed by atoms with Gasteiger partial charge in [-0.15, -0.1) is 0 Å². The van der Waals surface area contributed by atoms with Crippen LogP contribution in [0.3, 0.4) is 0 Å². The highest BCUT2D eigenvalue weighted by Crippen LogP contribution is 2.24. The van der Waals surface area contributed by atoms with E-state index in [4.69, 9.17) is 4.74 Å². The highest BCUT2D eigenvalue weighted by Gasteiger charge is 2.17. The molecule has 0 saturated heterocycles. The summed E-state index contributed by atoms with van der Waals surface area (Å²) in [5.74, 6) is -0.374. The highest BCUT2D eigenvalue weighted by atomic mass is 16.5. The number of ether oxygens (including phenoxy) is 1. The Kier molecular flexibility index (Phi) is 5.51. The second-order valence-electron chi connectivity index (χ2n) is 5.89. The number of benzene rings is 2. The van der Waals surface area contributed by atoms with Crippen LogP contribution in [0.5, 0.6) is 5.75 Å². The third kappa shape index (κ3) is 4.52. The summed E-state index contributed by atoms with van der Waals surface area (Å²) in [5.41, 5.74) is 2.09. The predicted octanol–water partition coefficient (Wildman–Crippen LogP) is 2.11. The Labute approximate surface area is 156 Å². The molecule has 0 aliphatic carbocycles. The molecule has 138 valence electrons. The van der Waals surface area contributed by atoms with Gasteiger partial charge < -0.3 is 20.7 Å². The van der Waals surface area contributed by atoms with E-state index >= 15 is 0 Å². The molecule has 0 aromatic heterocycles. The standard InChI is InChI=1S/C20H19N3O4/c1-2-18(24)23-16-6-4-3-5-13(16)11-19(25)22-14-7-8-17-15(12-14)20(26)21-9-10-27-17/h2-8,12H,1,9-11H2,(H,21,26)(H,22,25)(H,23,24). The number of hydrogen-bond acceptors (Lipinski definition) is 4. The molecular formula is C20H19N3O4. The topological polar surface area (TPSA) is 96.5 Å². The molecule has 1 aliphatic heterocycles. The normalized spacial score (nSPS) is 12.7. The fraction of sp³-hybridized carbons (Fsp3) is 0.150. The first-order valence-corrected chi connectivity index (χ1v) is 8.43. The minimum Gasteiger partial charge on any atom is -0.491 e. The minimum atomic E-state index is -0.348. The lowest BCUT2D eigenvalue weighted by Gasteiger charge is -2.12. The molecule has 0 spiro atoms. The lowest BCUT2D eigenvalue weighted by molar-refractivity contribution is -0.115. The molecule has 0 radical (unpaired) electrons. The molecule has 2 aromatic carbocycles. The zero-order chi connectivity index (χ0) is 19.2. The molecule has 7 nitrogen and oxygen atoms in total. The van der Waals surface area contributed by atoms with Crippen LogP contribution in [0.1, 0.15) is 15.9 Å². The molecule has 27 heavy (non-hydrogen) atoms. The summed E-state index contributed by atoms with van der Waals surface area (Å²) in [6, 6.07) is 12.0. The third-order valence-corrected chi connectivity index (χ3v) is 3.96. The monoisotopic (exact) mass is 365 g/mol. The summed E-state index contributed by atoms with van der Waals surface area (Å²) < 4.78 is 5.49. The quantitative estimate of drug-likeness (QED) is 0.707. The van der Waals surface area contributed by atoms with E-state index in [1.807, 2.05) is 0 Å². The molecule has 7 heteroatoms. The fourth-order valence-corrected chi connectivity index (χ4v) is 2.69. The molecule has 3 rings (SSSR count). The van der Waals surface area contributed by atoms with Gasteiger partial charge in [-0.25, -0.2) is 0 Å². The number of nitrogens with one attached hydrogen (secondary N) is 3. The second kappa shape index (κ2) is 8.18. The number of amides is 3. The maximum Gasteiger partial charge on any atom is 0.255 e. The van der Waals surface area contributed by atoms with Crippen LogP contribution >= 0.6 is 0 Å². The van der Waals surface area contributed by atoms with Crippen molar-refractivity contribution in [3.8, 4) is 5.75 Å². The van der Waals surface area contributed by atoms with E-state index in [1.54, 1.807) is 42.5 Å². The first-order valence-electron chi connectivity index (χ1n) is 8.43. The first-order chi connectivity index (χ1) is 13.1. The van der Waals surface area contributed by atoms with Crippen molar-refractivity contribution in [2.24, 2.45) is 0 Å². The van der Waals surface area contributed by atoms with Crippen LogP contribution in [0.2, 0.25) is 0 Å². The largest absolute Gasteiger partial charge is 0.491 e. The average Bonchev–Trinajstić information content (AvgIpc) is 2.84. The lowest BCUT2D eigenvalue weighted by atomic mass is 10.1. The van der Waals surface area contributed by atoms with Crippen molar-refractivity contribution in [2.45, 2.75) is 6.42 Å². The van der Waals surface area contributed by atoms with E-state index < -0.39 is 0 Å². The van der Waals surface area contributed by atoms with Gasteiger partial charge in [-0.1, -0.05) is 24.8 Å². The zero-order valence-electron chi connectivity index (χ0n) is 14.6. The molecule has 0 fully saturated rings. The van der Waals surface area contributed by atoms with Gasteiger partial charge in [-0.3, -0.25) is 14.4 Å². The van der Waals surface area contributed by atoms with Crippen LogP contribution in [0.15, 0.2) is 55.1 Å². The molecule has 1 heterocycles. The number of para-hydroxylation sites is 1. The van der Waals surface area contributed by atoms with Crippen LogP contribution in [0.25, 0.3) is 0 Å². The van der Waals surface area contributed by atoms with E-state index in [9.17, 15) is 14.4 Å². The average molecular weight is 365 g/mol. The van der Waals surface area contributed by atoms with Gasteiger partial charge in [0.15, 0.2) is 0 Å². The molecular weight excluding hydrogens is 346 g/mol. The number of carbonyl (C=O) groups excluding carboxylic acids is 3. The summed E-state index contributed by atoms with van der Waals surface area (Å²) >= 11 is 0. The number of hydrogen-bond donors (Lipinski definition) is 3. The summed E-state index contributed by atoms with van der Waals surface area (Å²) in [4.78, 5) is 36.0. The Morgan fingerprint density at radius 3 is 2.81 bits per heavy atom. The van der Waals surface area contributed by atoms with Crippen LogP contribution in [-0.4, -0.2) is 30.9 Å². The van der Waals surface area contributed by atoms with Crippen LogP contribution in [0.4, 0.5) is 11.4 Å². The number of rotatable bonds is 5. The molecule has 0 bridgehead atoms. The van der Waals surface area contributed by atoms with Crippen LogP contribution < -0.4 is 20.7 Å². The lowest BCUT2D eigenvalue weighted by Crippen LogP contribution is -2.24. The summed E-state index contributed by atoms with van der Waals surface area (Å²) in [6.45, 7) is 4.25. The van der Waals surface area contributed by atoms with Crippen molar-refractivity contribution < 1.29 is 19.1 Å². The number of anilines is 2. The first kappa shape index (κ1) is 18.2. The molecule has 0 saturated carbocycles. The van der Waals surface area contributed by atoms with Crippen molar-refractivity contribution in [2.75, 3.05) is 23.8 Å². The second-order valence-corrected chi connectivity index (χ2v) is 5.89. The Morgan fingerprint density at radius 1 is 1.19 bits per heavy atom. The maximum atomic E-state index is 12.4. The molecule has 0 atom stereocenters. The van der Waals surface area contributed by atoms with Crippen molar-refractivity contribution in [3.05, 3.63) is 66.2 Å². The van der Waals surface area contributed by atoms with E-state index in [0.717, 1.165) is 0 Å². The Balaban J connectivity index is 1.73. The highest BCUT2D eigenvalue weighted by molar-refractivity contribution is 6.01. The Morgan fingerprint density at radius 2 is 2.00 bits per heavy atom. The summed E-state index contributed by atoms with van der Waals surface area (Å²) in [6.07, 6.45) is 1.23. The van der Waals surface area contributed by atoms with Gasteiger partial charge in [-0.05, 0) is 35.9 Å². The molecule has 0 unspecified atom stereocenters. The van der Waals surface area contributed by atoms with Gasteiger partial charge >= 0.3 is 0 Å². The Bertz CT molecular complexity index is 908. The Hall–Kier alpha value is -3.61. The van der Waals surface area contributed by atoms with Gasteiger partial charge in [0, 0.05) is 11.4 Å². The minimum absolute atomic E-state index is 0.0629. The van der Waals surface area contributed by atoms with E-state index in [1.165, 1.54) is 6.08 Å². The fourth-order valence-electron chi connectivity index (χ4n) is 2.69. The zero-order valence-corrected chi connectivity index (χ0v) is 14.6. The summed E-state index contributed by atoms with van der Waals surface area (Å²) in [5, 5.41) is 8.17. The predicted molar refractivity (Wildman–Crippen MR) is 102 cm³/mol. The SMILES string of the molecule is C=CC(=O)Nc1ccccc1CC(=O)Nc1ccc2c(c1)C(=O)NCCO2. The smallest absolute Gasteiger partial charge is 0.255 e. The molecule has 3 amide bonds. The third-order valence-electron chi connectivity index (χ3n) is 3.96. The van der Waals surface area contributed by atoms with E-state index in [0.29, 0.717) is 41.4 Å². The van der Waals surface area contributed by atoms with Crippen molar-refractivity contribution >= 4 is 29.1 Å². The molecule has 2 aromatic rings. The van der Waals surface area contributed by atoms with E-state index in [-0.39, 0.29) is 24.1 Å². The summed E-state index contributed by atoms with van der Waals surface area (Å²) in [7, 11) is 0. The van der Waals surface area contributed by atoms with Crippen LogP contribution in [0, 0.1) is 0 Å². The van der Waals surface area contributed by atoms with Crippen molar-refractivity contribution in [3.63, 3.8) is 0 Å². The van der Waals surface area contributed by atoms with Crippen molar-refractivity contribution in [1.29, 1.82) is 0 Å². The number of fused-ring (bicyclic) bond motifs is 1. The van der Waals surface area contributed by atoms with Gasteiger partial charge in [0.05, 0.1) is 18.5 Å². The molecule has 1 aliphatic rings. The number of carbonyl (C=O) groups is 3. The van der Waals surface area contributed by atoms with Gasteiger partial charge in [-0.2, -0.15) is 0 Å². The van der Waals surface area contributed by atoms with E-state index in [2.05, 4.69) is 22.5 Å².